The third-order valence-electron chi connectivity index (χ3n) is 0.476. The summed E-state index contributed by atoms with van der Waals surface area (Å²) in [4.78, 5) is 75.1. The zero-order chi connectivity index (χ0) is 18.9. The van der Waals surface area contributed by atoms with Crippen LogP contribution in [0.25, 0.3) is 0 Å². The molecule has 148 valence electrons. The van der Waals surface area contributed by atoms with Crippen LogP contribution in [0, 0.1) is 0 Å². The summed E-state index contributed by atoms with van der Waals surface area (Å²) in [5.74, 6) is 0. The molecule has 0 saturated carbocycles. The average Bonchev–Trinajstić information content (AvgIpc) is 2.30. The number of aliphatic hydroxyl groups is 2. The Hall–Kier alpha value is 2.87. The van der Waals surface area contributed by atoms with E-state index in [0.29, 0.717) is 0 Å². The van der Waals surface area contributed by atoms with Crippen molar-refractivity contribution in [2.24, 2.45) is 0 Å². The maximum atomic E-state index is 8.35. The zero-order valence-corrected chi connectivity index (χ0v) is 20.4. The van der Waals surface area contributed by atoms with Crippen molar-refractivity contribution >= 4 is 24.5 Å². The van der Waals surface area contributed by atoms with Crippen LogP contribution in [0.3, 0.4) is 0 Å². The summed E-state index contributed by atoms with van der Waals surface area (Å²) in [6.07, 6.45) is 0. The van der Waals surface area contributed by atoms with E-state index in [9.17, 15) is 0 Å². The summed E-state index contributed by atoms with van der Waals surface area (Å²) < 4.78 is 8.17. The molecule has 0 bridgehead atoms. The smallest absolute Gasteiger partial charge is 0.400 e. The van der Waals surface area contributed by atoms with Crippen molar-refractivity contribution in [1.29, 1.82) is 0 Å². The Morgan fingerprint density at radius 3 is 0.542 bits per heavy atom. The minimum atomic E-state index is -4.39. The van der Waals surface area contributed by atoms with Crippen molar-refractivity contribution in [2.45, 2.75) is 0 Å². The molecule has 0 atom stereocenters. The summed E-state index contributed by atoms with van der Waals surface area (Å²) in [7, 11) is -7.85. The second-order valence-corrected chi connectivity index (χ2v) is 5.79. The van der Waals surface area contributed by atoms with Gasteiger partial charge in [-0.1, -0.05) is 0 Å². The van der Waals surface area contributed by atoms with Crippen LogP contribution in [0.5, 0.6) is 0 Å². The van der Waals surface area contributed by atoms with E-state index in [1.807, 2.05) is 0 Å². The first-order valence-corrected chi connectivity index (χ1v) is 8.81. The number of hydrogen-bond donors (Lipinski definition) is 12. The molecule has 0 heterocycles. The van der Waals surface area contributed by atoms with Crippen molar-refractivity contribution in [3.05, 3.63) is 0 Å². The van der Waals surface area contributed by atoms with Crippen molar-refractivity contribution in [1.82, 2.24) is 0 Å². The first-order chi connectivity index (χ1) is 9.12. The second-order valence-electron chi connectivity index (χ2n) is 1.93. The summed E-state index contributed by atoms with van der Waals surface area (Å²) in [5, 5.41) is 14.0. The van der Waals surface area contributed by atoms with Crippen LogP contribution < -0.4 is 0 Å². The molecule has 0 aromatic rings. The van der Waals surface area contributed by atoms with Crippen LogP contribution in [-0.4, -0.2) is 87.6 Å². The molecule has 0 unspecified atom stereocenters. The van der Waals surface area contributed by atoms with E-state index in [1.54, 1.807) is 0 Å². The van der Waals surface area contributed by atoms with Gasteiger partial charge in [-0.05, 0) is 0 Å². The fourth-order valence-electron chi connectivity index (χ4n) is 0.0745. The Morgan fingerprint density at radius 1 is 0.458 bits per heavy atom. The molecule has 0 saturated heterocycles. The number of aliphatic hydroxyl groups excluding tert-OH is 2. The molecule has 14 nitrogen and oxygen atoms in total. The van der Waals surface area contributed by atoms with Gasteiger partial charge in [-0.25, -0.2) is 0 Å². The van der Waals surface area contributed by atoms with E-state index in [0.717, 1.165) is 28.4 Å². The minimum Gasteiger partial charge on any atom is -0.400 e. The van der Waals surface area contributed by atoms with Gasteiger partial charge >= 0.3 is 24.5 Å². The predicted octanol–water partition coefficient (Wildman–Crippen LogP) is -3.58. The van der Waals surface area contributed by atoms with E-state index in [1.165, 1.54) is 0 Å². The Kier molecular flexibility index (Phi) is 64.4. The molecule has 0 amide bonds. The molecule has 0 radical (unpaired) electrons. The zero-order valence-electron chi connectivity index (χ0n) is 13.0. The third kappa shape index (κ3) is 180. The van der Waals surface area contributed by atoms with Gasteiger partial charge in [0, 0.05) is 79.4 Å². The van der Waals surface area contributed by atoms with Gasteiger partial charge in [0.15, 0.2) is 0 Å². The van der Waals surface area contributed by atoms with Gasteiger partial charge < -0.3 is 10.2 Å². The monoisotopic (exact) mass is 533 g/mol. The van der Waals surface area contributed by atoms with Crippen LogP contribution in [0.15, 0.2) is 0 Å². The predicted molar refractivity (Wildman–Crippen MR) is 73.3 cm³/mol. The summed E-state index contributed by atoms with van der Waals surface area (Å²) in [6, 6.07) is 0. The van der Waals surface area contributed by atoms with Crippen LogP contribution in [-0.2, 0) is 74.2 Å². The van der Waals surface area contributed by atoms with Crippen molar-refractivity contribution in [3.8, 4) is 0 Å². The molecular formula is C4H24O14P3Ti3+3. The molecule has 0 aromatic heterocycles. The maximum absolute atomic E-state index is 8.35. The van der Waals surface area contributed by atoms with Crippen LogP contribution in [0.2, 0.25) is 0 Å². The largest absolute Gasteiger partial charge is 0.569 e. The first kappa shape index (κ1) is 50.5. The van der Waals surface area contributed by atoms with Crippen molar-refractivity contribution in [2.75, 3.05) is 28.4 Å². The summed E-state index contributed by atoms with van der Waals surface area (Å²) in [6.45, 7) is 0. The van der Waals surface area contributed by atoms with Crippen LogP contribution in [0.4, 0.5) is 0 Å². The van der Waals surface area contributed by atoms with Gasteiger partial charge in [0.25, 0.3) is 0 Å². The normalized spacial score (nSPS) is 9.00. The molecule has 0 spiro atoms. The topological polar surface area (TPSA) is 261 Å². The van der Waals surface area contributed by atoms with Gasteiger partial charge in [-0.15, -0.1) is 0 Å². The van der Waals surface area contributed by atoms with Crippen LogP contribution >= 0.6 is 24.5 Å². The molecule has 0 fully saturated rings. The number of rotatable bonds is 2. The van der Waals surface area contributed by atoms with E-state index >= 15 is 0 Å². The van der Waals surface area contributed by atoms with Crippen LogP contribution in [0.1, 0.15) is 0 Å². The van der Waals surface area contributed by atoms with E-state index in [4.69, 9.17) is 59.1 Å². The fraction of sp³-hybridized carbons (Fsp3) is 1.00. The fourth-order valence-corrected chi connectivity index (χ4v) is 0.224. The molecule has 0 rings (SSSR count). The Labute approximate surface area is 185 Å². The molecule has 0 aliphatic carbocycles. The molecule has 12 N–H and O–H groups in total. The van der Waals surface area contributed by atoms with Crippen molar-refractivity contribution < 1.29 is 133 Å². The third-order valence-corrected chi connectivity index (χ3v) is 1.43. The van der Waals surface area contributed by atoms with E-state index in [-0.39, 0.29) is 65.2 Å². The number of hydrogen-bond acceptors (Lipinski definition) is 14. The first-order valence-electron chi connectivity index (χ1n) is 4.08. The maximum Gasteiger partial charge on any atom is 0.569 e. The van der Waals surface area contributed by atoms with Gasteiger partial charge in [-0.3, -0.25) is 0 Å². The molecular weight excluding hydrogens is 509 g/mol. The van der Waals surface area contributed by atoms with Gasteiger partial charge in [0.05, 0.1) is 14.2 Å². The Balaban J connectivity index is -0.0000000231. The molecule has 24 heavy (non-hydrogen) atoms. The van der Waals surface area contributed by atoms with Gasteiger partial charge in [0.1, 0.15) is 0 Å². The SMILES string of the molecule is CO.CO.CO[P+](O)(O)OC.O[P+](O)(O)O.O[P+](O)(O)O.[Ti].[Ti].[Ti]. The minimum absolute atomic E-state index is 0. The van der Waals surface area contributed by atoms with Gasteiger partial charge in [0.2, 0.25) is 0 Å². The Bertz CT molecular complexity index is 159. The molecule has 20 heteroatoms. The second kappa shape index (κ2) is 30.6. The summed E-state index contributed by atoms with van der Waals surface area (Å²) in [5.41, 5.74) is 0. The molecule has 0 aliphatic rings. The van der Waals surface area contributed by atoms with E-state index < -0.39 is 24.5 Å². The molecule has 0 aromatic carbocycles. The van der Waals surface area contributed by atoms with Gasteiger partial charge in [-0.2, -0.15) is 58.0 Å². The summed E-state index contributed by atoms with van der Waals surface area (Å²) >= 11 is 0. The average molecular weight is 533 g/mol. The molecule has 0 aliphatic heterocycles. The Morgan fingerprint density at radius 2 is 0.542 bits per heavy atom. The standard InChI is InChI=1S/C2H8O4P.2CH4O.2H4O4P.3Ti/c1-5-7(3,4)6-2;2*1-2;2*1-5(2,3)4;;;/h3-4H,1-2H3;2*2H,1H3;2*1-4H;;;/q+1;;;2*+1;;;. The van der Waals surface area contributed by atoms with E-state index in [2.05, 4.69) is 9.05 Å². The quantitative estimate of drug-likeness (QED) is 0.121. The van der Waals surface area contributed by atoms with Crippen molar-refractivity contribution in [3.63, 3.8) is 0 Å².